The molecular formula is C4H8N2S+2. The monoisotopic (exact) mass is 116 g/mol. The Balaban J connectivity index is 3.12. The molecule has 0 aliphatic heterocycles. The summed E-state index contributed by atoms with van der Waals surface area (Å²) < 4.78 is 0. The Morgan fingerprint density at radius 2 is 1.57 bits per heavy atom. The van der Waals surface area contributed by atoms with Gasteiger partial charge in [-0.3, -0.25) is 0 Å². The molecule has 0 radical (unpaired) electrons. The van der Waals surface area contributed by atoms with Crippen LogP contribution in [0.25, 0.3) is 0 Å². The van der Waals surface area contributed by atoms with E-state index >= 15 is 0 Å². The summed E-state index contributed by atoms with van der Waals surface area (Å²) >= 11 is 1.64. The topological polar surface area (TPSA) is 55.3 Å². The zero-order valence-corrected chi connectivity index (χ0v) is 4.79. The smallest absolute Gasteiger partial charge is 0.200 e. The molecule has 0 saturated carbocycles. The second-order valence-corrected chi connectivity index (χ2v) is 2.17. The Morgan fingerprint density at radius 1 is 1.14 bits per heavy atom. The number of quaternary nitrogens is 2. The maximum absolute atomic E-state index is 3.73. The van der Waals surface area contributed by atoms with Crippen molar-refractivity contribution in [3.05, 3.63) is 10.8 Å². The van der Waals surface area contributed by atoms with E-state index in [0.29, 0.717) is 0 Å². The molecule has 0 aliphatic rings. The molecule has 0 unspecified atom stereocenters. The Kier molecular flexibility index (Phi) is 1.10. The molecule has 0 bridgehead atoms. The molecule has 2 nitrogen and oxygen atoms in total. The van der Waals surface area contributed by atoms with Gasteiger partial charge in [0.15, 0.2) is 11.4 Å². The van der Waals surface area contributed by atoms with Crippen molar-refractivity contribution in [2.24, 2.45) is 0 Å². The van der Waals surface area contributed by atoms with Gasteiger partial charge in [0.25, 0.3) is 0 Å². The summed E-state index contributed by atoms with van der Waals surface area (Å²) in [4.78, 5) is 0. The van der Waals surface area contributed by atoms with Crippen molar-refractivity contribution in [3.63, 3.8) is 0 Å². The maximum Gasteiger partial charge on any atom is 0.200 e. The van der Waals surface area contributed by atoms with Gasteiger partial charge in [0.05, 0.1) is 10.8 Å². The summed E-state index contributed by atoms with van der Waals surface area (Å²) in [6.45, 7) is 0. The van der Waals surface area contributed by atoms with Crippen LogP contribution in [0.4, 0.5) is 11.4 Å². The third-order valence-corrected chi connectivity index (χ3v) is 1.67. The summed E-state index contributed by atoms with van der Waals surface area (Å²) in [5.74, 6) is 0. The van der Waals surface area contributed by atoms with Gasteiger partial charge < -0.3 is 11.5 Å². The molecule has 0 saturated heterocycles. The summed E-state index contributed by atoms with van der Waals surface area (Å²) in [7, 11) is 0. The Bertz CT molecular complexity index is 142. The first kappa shape index (κ1) is 4.77. The summed E-state index contributed by atoms with van der Waals surface area (Å²) in [5.41, 5.74) is 9.55. The van der Waals surface area contributed by atoms with Crippen LogP contribution in [0.1, 0.15) is 0 Å². The van der Waals surface area contributed by atoms with Crippen molar-refractivity contribution in [2.75, 3.05) is 0 Å². The van der Waals surface area contributed by atoms with E-state index in [0.717, 1.165) is 11.4 Å². The van der Waals surface area contributed by atoms with Gasteiger partial charge in [-0.15, -0.1) is 11.3 Å². The fourth-order valence-corrected chi connectivity index (χ4v) is 1.05. The number of rotatable bonds is 0. The average Bonchev–Trinajstić information content (AvgIpc) is 1.91. The summed E-state index contributed by atoms with van der Waals surface area (Å²) in [5, 5.41) is 3.98. The normalized spacial score (nSPS) is 9.43. The van der Waals surface area contributed by atoms with Crippen molar-refractivity contribution in [1.29, 1.82) is 0 Å². The van der Waals surface area contributed by atoms with E-state index in [9.17, 15) is 0 Å². The van der Waals surface area contributed by atoms with Crippen molar-refractivity contribution in [1.82, 2.24) is 0 Å². The van der Waals surface area contributed by atoms with Crippen molar-refractivity contribution in [3.8, 4) is 0 Å². The van der Waals surface area contributed by atoms with Crippen LogP contribution >= 0.6 is 11.3 Å². The van der Waals surface area contributed by atoms with Gasteiger partial charge in [0.1, 0.15) is 0 Å². The van der Waals surface area contributed by atoms with Crippen LogP contribution in [0, 0.1) is 0 Å². The Morgan fingerprint density at radius 3 is 1.71 bits per heavy atom. The molecule has 6 N–H and O–H groups in total. The molecule has 0 aromatic carbocycles. The van der Waals surface area contributed by atoms with Crippen molar-refractivity contribution >= 4 is 22.7 Å². The van der Waals surface area contributed by atoms with Gasteiger partial charge in [0.2, 0.25) is 0 Å². The van der Waals surface area contributed by atoms with Crippen molar-refractivity contribution < 1.29 is 11.5 Å². The van der Waals surface area contributed by atoms with E-state index < -0.39 is 0 Å². The molecule has 1 rings (SSSR count). The molecule has 1 aromatic rings. The molecule has 0 fully saturated rings. The highest BCUT2D eigenvalue weighted by atomic mass is 32.1. The second kappa shape index (κ2) is 1.61. The lowest BCUT2D eigenvalue weighted by Crippen LogP contribution is -2.48. The van der Waals surface area contributed by atoms with Gasteiger partial charge in [-0.2, -0.15) is 0 Å². The van der Waals surface area contributed by atoms with Crippen LogP contribution in [-0.4, -0.2) is 0 Å². The second-order valence-electron chi connectivity index (χ2n) is 1.42. The molecule has 1 heterocycles. The lowest BCUT2D eigenvalue weighted by molar-refractivity contribution is -0.298. The van der Waals surface area contributed by atoms with Gasteiger partial charge in [-0.25, -0.2) is 0 Å². The third-order valence-electron chi connectivity index (χ3n) is 0.833. The fourth-order valence-electron chi connectivity index (χ4n) is 0.350. The van der Waals surface area contributed by atoms with Gasteiger partial charge in [-0.05, 0) is 0 Å². The predicted octanol–water partition coefficient (Wildman–Crippen LogP) is -0.505. The highest BCUT2D eigenvalue weighted by Crippen LogP contribution is 2.14. The minimum absolute atomic E-state index is 1.05. The summed E-state index contributed by atoms with van der Waals surface area (Å²) in [6.07, 6.45) is 0. The molecule has 0 amide bonds. The minimum atomic E-state index is 1.05. The highest BCUT2D eigenvalue weighted by Gasteiger charge is 1.98. The zero-order chi connectivity index (χ0) is 5.28. The predicted molar refractivity (Wildman–Crippen MR) is 29.4 cm³/mol. The van der Waals surface area contributed by atoms with E-state index in [1.54, 1.807) is 11.3 Å². The lowest BCUT2D eigenvalue weighted by Gasteiger charge is -1.71. The number of hydrogen-bond acceptors (Lipinski definition) is 1. The van der Waals surface area contributed by atoms with Crippen LogP contribution < -0.4 is 11.5 Å². The molecule has 3 heteroatoms. The van der Waals surface area contributed by atoms with Crippen LogP contribution in [-0.2, 0) is 0 Å². The first-order valence-corrected chi connectivity index (χ1v) is 2.95. The molecule has 1 aromatic heterocycles. The first-order chi connectivity index (χ1) is 3.30. The van der Waals surface area contributed by atoms with E-state index in [-0.39, 0.29) is 0 Å². The Labute approximate surface area is 45.8 Å². The van der Waals surface area contributed by atoms with E-state index in [4.69, 9.17) is 0 Å². The first-order valence-electron chi connectivity index (χ1n) is 2.01. The fraction of sp³-hybridized carbons (Fsp3) is 0. The highest BCUT2D eigenvalue weighted by molar-refractivity contribution is 7.08. The van der Waals surface area contributed by atoms with Gasteiger partial charge in [0, 0.05) is 0 Å². The van der Waals surface area contributed by atoms with Gasteiger partial charge in [-0.1, -0.05) is 0 Å². The van der Waals surface area contributed by atoms with Gasteiger partial charge >= 0.3 is 0 Å². The molecule has 38 valence electrons. The molecule has 0 atom stereocenters. The van der Waals surface area contributed by atoms with Crippen LogP contribution in [0.15, 0.2) is 10.8 Å². The number of hydrogen-bond donors (Lipinski definition) is 2. The molecule has 7 heavy (non-hydrogen) atoms. The largest absolute Gasteiger partial charge is 0.319 e. The maximum atomic E-state index is 3.73. The average molecular weight is 116 g/mol. The minimum Gasteiger partial charge on any atom is -0.319 e. The molecule has 0 spiro atoms. The molecule has 0 aliphatic carbocycles. The summed E-state index contributed by atoms with van der Waals surface area (Å²) in [6, 6.07) is 0. The standard InChI is InChI=1S/C4H6N2S/c5-3-1-7-2-4(3)6/h1-2H,5-6H2/p+2. The van der Waals surface area contributed by atoms with Crippen LogP contribution in [0.2, 0.25) is 0 Å². The van der Waals surface area contributed by atoms with E-state index in [1.165, 1.54) is 0 Å². The number of thiophene rings is 1. The van der Waals surface area contributed by atoms with Crippen LogP contribution in [0.3, 0.4) is 0 Å². The third kappa shape index (κ3) is 0.796. The zero-order valence-electron chi connectivity index (χ0n) is 3.98. The Hall–Kier alpha value is -0.380. The van der Waals surface area contributed by atoms with Crippen molar-refractivity contribution in [2.45, 2.75) is 0 Å². The quantitative estimate of drug-likeness (QED) is 0.459. The lowest BCUT2D eigenvalue weighted by atomic mass is 10.5. The van der Waals surface area contributed by atoms with E-state index in [1.807, 2.05) is 10.8 Å². The van der Waals surface area contributed by atoms with E-state index in [2.05, 4.69) is 11.5 Å². The SMILES string of the molecule is [NH3+]c1cscc1[NH3+]. The van der Waals surface area contributed by atoms with Crippen LogP contribution in [0.5, 0.6) is 0 Å². The molecular weight excluding hydrogens is 108 g/mol.